The molecule has 0 N–H and O–H groups in total. The Kier molecular flexibility index (Phi) is 9.10. The minimum absolute atomic E-state index is 0.148. The van der Waals surface area contributed by atoms with Gasteiger partial charge in [0.15, 0.2) is 13.2 Å². The van der Waals surface area contributed by atoms with Gasteiger partial charge in [-0.1, -0.05) is 46.6 Å². The monoisotopic (exact) mass is 390 g/mol. The van der Waals surface area contributed by atoms with Gasteiger partial charge in [-0.3, -0.25) is 0 Å². The molecular formula is C16H13Cl3O5. The highest BCUT2D eigenvalue weighted by atomic mass is 35.5. The van der Waals surface area contributed by atoms with Crippen molar-refractivity contribution in [2.75, 3.05) is 19.8 Å². The fourth-order valence-corrected chi connectivity index (χ4v) is 1.90. The van der Waals surface area contributed by atoms with E-state index in [1.807, 2.05) is 0 Å². The Morgan fingerprint density at radius 3 is 2.54 bits per heavy atom. The predicted molar refractivity (Wildman–Crippen MR) is 91.5 cm³/mol. The summed E-state index contributed by atoms with van der Waals surface area (Å²) in [5.74, 6) is 4.14. The molecule has 1 aromatic carbocycles. The van der Waals surface area contributed by atoms with Gasteiger partial charge in [-0.25, -0.2) is 9.59 Å². The molecule has 0 saturated carbocycles. The third-order valence-corrected chi connectivity index (χ3v) is 3.33. The Morgan fingerprint density at radius 2 is 1.83 bits per heavy atom. The van der Waals surface area contributed by atoms with Gasteiger partial charge in [0.25, 0.3) is 0 Å². The van der Waals surface area contributed by atoms with Crippen LogP contribution in [0.4, 0.5) is 0 Å². The number of ether oxygens (including phenoxy) is 3. The average molecular weight is 392 g/mol. The zero-order valence-corrected chi connectivity index (χ0v) is 14.9. The predicted octanol–water partition coefficient (Wildman–Crippen LogP) is 3.69. The lowest BCUT2D eigenvalue weighted by Crippen LogP contribution is -2.15. The third kappa shape index (κ3) is 7.60. The summed E-state index contributed by atoms with van der Waals surface area (Å²) in [5, 5.41) is 0.757. The highest BCUT2D eigenvalue weighted by Crippen LogP contribution is 2.33. The van der Waals surface area contributed by atoms with Gasteiger partial charge in [-0.15, -0.1) is 0 Å². The molecule has 0 saturated heterocycles. The molecule has 0 amide bonds. The maximum absolute atomic E-state index is 11.5. The van der Waals surface area contributed by atoms with Gasteiger partial charge in [0.05, 0.1) is 21.7 Å². The van der Waals surface area contributed by atoms with Crippen molar-refractivity contribution in [2.24, 2.45) is 0 Å². The summed E-state index contributed by atoms with van der Waals surface area (Å²) in [6.07, 6.45) is 2.48. The van der Waals surface area contributed by atoms with Crippen LogP contribution in [-0.2, 0) is 19.1 Å². The number of halogens is 3. The van der Waals surface area contributed by atoms with E-state index in [1.165, 1.54) is 24.3 Å². The first kappa shape index (κ1) is 20.2. The summed E-state index contributed by atoms with van der Waals surface area (Å²) in [4.78, 5) is 22.5. The summed E-state index contributed by atoms with van der Waals surface area (Å²) in [5.41, 5.74) is 0. The molecule has 8 heteroatoms. The number of rotatable bonds is 6. The number of carbonyl (C=O) groups is 2. The minimum Gasteiger partial charge on any atom is -0.480 e. The molecule has 0 aliphatic carbocycles. The first-order valence-corrected chi connectivity index (χ1v) is 7.82. The molecule has 5 nitrogen and oxygen atoms in total. The van der Waals surface area contributed by atoms with E-state index in [-0.39, 0.29) is 40.6 Å². The Labute approximate surface area is 154 Å². The molecule has 0 radical (unpaired) electrons. The van der Waals surface area contributed by atoms with Crippen molar-refractivity contribution in [1.82, 2.24) is 0 Å². The van der Waals surface area contributed by atoms with Crippen LogP contribution in [0.1, 0.15) is 6.92 Å². The zero-order chi connectivity index (χ0) is 17.9. The van der Waals surface area contributed by atoms with E-state index in [0.717, 1.165) is 0 Å². The van der Waals surface area contributed by atoms with Crippen LogP contribution in [0.2, 0.25) is 15.1 Å². The molecule has 1 rings (SSSR count). The quantitative estimate of drug-likeness (QED) is 0.320. The highest BCUT2D eigenvalue weighted by Gasteiger charge is 2.09. The average Bonchev–Trinajstić information content (AvgIpc) is 2.53. The van der Waals surface area contributed by atoms with Crippen molar-refractivity contribution in [3.63, 3.8) is 0 Å². The Morgan fingerprint density at radius 1 is 1.12 bits per heavy atom. The SMILES string of the molecule is CCOC(=O)C=CC#CCOC(=O)COc1cc(Cl)c(Cl)cc1Cl. The number of hydrogen-bond acceptors (Lipinski definition) is 5. The zero-order valence-electron chi connectivity index (χ0n) is 12.6. The van der Waals surface area contributed by atoms with Crippen LogP contribution in [0.25, 0.3) is 0 Å². The second-order valence-electron chi connectivity index (χ2n) is 4.05. The molecule has 0 unspecified atom stereocenters. The van der Waals surface area contributed by atoms with E-state index < -0.39 is 11.9 Å². The van der Waals surface area contributed by atoms with Crippen molar-refractivity contribution in [3.8, 4) is 17.6 Å². The largest absolute Gasteiger partial charge is 0.480 e. The third-order valence-electron chi connectivity index (χ3n) is 2.32. The number of carbonyl (C=O) groups excluding carboxylic acids is 2. The Balaban J connectivity index is 2.35. The molecule has 0 heterocycles. The van der Waals surface area contributed by atoms with Gasteiger partial charge >= 0.3 is 11.9 Å². The van der Waals surface area contributed by atoms with Crippen LogP contribution in [-0.4, -0.2) is 31.8 Å². The first-order chi connectivity index (χ1) is 11.4. The standard InChI is InChI=1S/C16H13Cl3O5/c1-2-22-15(20)6-4-3-5-7-23-16(21)10-24-14-9-12(18)11(17)8-13(14)19/h4,6,8-9H,2,7,10H2,1H3. The summed E-state index contributed by atoms with van der Waals surface area (Å²) >= 11 is 17.5. The topological polar surface area (TPSA) is 61.8 Å². The molecule has 0 aliphatic heterocycles. The lowest BCUT2D eigenvalue weighted by molar-refractivity contribution is -0.144. The van der Waals surface area contributed by atoms with Crippen LogP contribution in [0.15, 0.2) is 24.3 Å². The lowest BCUT2D eigenvalue weighted by atomic mass is 10.3. The second kappa shape index (κ2) is 10.8. The van der Waals surface area contributed by atoms with Crippen molar-refractivity contribution >= 4 is 46.7 Å². The molecule has 0 atom stereocenters. The molecule has 0 aromatic heterocycles. The highest BCUT2D eigenvalue weighted by molar-refractivity contribution is 6.43. The lowest BCUT2D eigenvalue weighted by Gasteiger charge is -2.08. The van der Waals surface area contributed by atoms with E-state index >= 15 is 0 Å². The molecule has 1 aromatic rings. The summed E-state index contributed by atoms with van der Waals surface area (Å²) in [6.45, 7) is 1.48. The van der Waals surface area contributed by atoms with Gasteiger partial charge in [0, 0.05) is 12.1 Å². The van der Waals surface area contributed by atoms with E-state index in [4.69, 9.17) is 44.3 Å². The van der Waals surface area contributed by atoms with E-state index in [9.17, 15) is 9.59 Å². The van der Waals surface area contributed by atoms with Gasteiger partial charge in [-0.05, 0) is 19.1 Å². The first-order valence-electron chi connectivity index (χ1n) is 6.68. The fraction of sp³-hybridized carbons (Fsp3) is 0.250. The second-order valence-corrected chi connectivity index (χ2v) is 5.27. The normalized spacial score (nSPS) is 10.0. The van der Waals surface area contributed by atoms with Crippen molar-refractivity contribution in [2.45, 2.75) is 6.92 Å². The van der Waals surface area contributed by atoms with Gasteiger partial charge < -0.3 is 14.2 Å². The smallest absolute Gasteiger partial charge is 0.345 e. The van der Waals surface area contributed by atoms with Crippen LogP contribution in [0.3, 0.4) is 0 Å². The Hall–Kier alpha value is -1.87. The van der Waals surface area contributed by atoms with Crippen LogP contribution in [0, 0.1) is 11.8 Å². The van der Waals surface area contributed by atoms with E-state index in [0.29, 0.717) is 0 Å². The maximum Gasteiger partial charge on any atom is 0.345 e. The summed E-state index contributed by atoms with van der Waals surface area (Å²) < 4.78 is 14.7. The van der Waals surface area contributed by atoms with Gasteiger partial charge in [-0.2, -0.15) is 0 Å². The van der Waals surface area contributed by atoms with Crippen LogP contribution in [0.5, 0.6) is 5.75 Å². The van der Waals surface area contributed by atoms with Crippen molar-refractivity contribution in [1.29, 1.82) is 0 Å². The van der Waals surface area contributed by atoms with Gasteiger partial charge in [0.1, 0.15) is 5.75 Å². The number of benzene rings is 1. The maximum atomic E-state index is 11.5. The van der Waals surface area contributed by atoms with Crippen molar-refractivity contribution < 1.29 is 23.8 Å². The summed E-state index contributed by atoms with van der Waals surface area (Å²) in [7, 11) is 0. The van der Waals surface area contributed by atoms with Crippen LogP contribution >= 0.6 is 34.8 Å². The molecule has 0 fully saturated rings. The van der Waals surface area contributed by atoms with Crippen molar-refractivity contribution in [3.05, 3.63) is 39.4 Å². The molecular weight excluding hydrogens is 379 g/mol. The van der Waals surface area contributed by atoms with Crippen LogP contribution < -0.4 is 4.74 Å². The number of hydrogen-bond donors (Lipinski definition) is 0. The number of esters is 2. The fourth-order valence-electron chi connectivity index (χ4n) is 1.31. The molecule has 0 spiro atoms. The van der Waals surface area contributed by atoms with E-state index in [1.54, 1.807) is 6.92 Å². The van der Waals surface area contributed by atoms with Gasteiger partial charge in [0.2, 0.25) is 0 Å². The number of allylic oxidation sites excluding steroid dienone is 1. The summed E-state index contributed by atoms with van der Waals surface area (Å²) in [6, 6.07) is 2.81. The molecule has 24 heavy (non-hydrogen) atoms. The van der Waals surface area contributed by atoms with E-state index in [2.05, 4.69) is 16.6 Å². The minimum atomic E-state index is -0.638. The Bertz CT molecular complexity index is 689. The molecule has 0 bridgehead atoms. The molecule has 0 aliphatic rings. The molecule has 128 valence electrons.